The minimum Gasteiger partial charge on any atom is -0.367 e. The van der Waals surface area contributed by atoms with E-state index in [2.05, 4.69) is 21.6 Å². The Morgan fingerprint density at radius 1 is 1.41 bits per heavy atom. The molecule has 2 aromatic rings. The van der Waals surface area contributed by atoms with Crippen molar-refractivity contribution in [2.75, 3.05) is 5.32 Å². The second-order valence-corrected chi connectivity index (χ2v) is 5.83. The van der Waals surface area contributed by atoms with Gasteiger partial charge in [-0.2, -0.15) is 5.10 Å². The minimum absolute atomic E-state index is 0.0175. The van der Waals surface area contributed by atoms with Crippen LogP contribution in [0.5, 0.6) is 0 Å². The fraction of sp³-hybridized carbons (Fsp3) is 0.467. The normalized spacial score (nSPS) is 21.0. The number of rotatable bonds is 5. The number of pyridine rings is 1. The number of anilines is 1. The van der Waals surface area contributed by atoms with Gasteiger partial charge in [0.05, 0.1) is 11.1 Å². The Morgan fingerprint density at radius 3 is 2.91 bits per heavy atom. The van der Waals surface area contributed by atoms with Gasteiger partial charge in [-0.3, -0.25) is 14.8 Å². The van der Waals surface area contributed by atoms with Crippen LogP contribution in [0.15, 0.2) is 30.7 Å². The largest absolute Gasteiger partial charge is 0.367 e. The third kappa shape index (κ3) is 3.24. The predicted molar refractivity (Wildman–Crippen MR) is 82.6 cm³/mol. The Kier molecular flexibility index (Phi) is 4.04. The maximum absolute atomic E-state index is 10.7. The summed E-state index contributed by atoms with van der Waals surface area (Å²) in [6, 6.07) is 3.52. The highest BCUT2D eigenvalue weighted by Crippen LogP contribution is 2.31. The molecule has 1 saturated carbocycles. The molecule has 116 valence electrons. The van der Waals surface area contributed by atoms with Crippen molar-refractivity contribution >= 4 is 11.5 Å². The van der Waals surface area contributed by atoms with Crippen molar-refractivity contribution < 1.29 is 4.92 Å². The van der Waals surface area contributed by atoms with Crippen molar-refractivity contribution in [2.24, 2.45) is 13.0 Å². The maximum Gasteiger partial charge on any atom is 0.287 e. The molecule has 0 radical (unpaired) electrons. The maximum atomic E-state index is 10.7. The molecule has 0 amide bonds. The SMILES string of the molecule is Cn1cc(CC2CCCC2Nc2ccc([N+](=O)[O-])cn2)cn1. The van der Waals surface area contributed by atoms with Crippen LogP contribution in [0.3, 0.4) is 0 Å². The predicted octanol–water partition coefficient (Wildman–Crippen LogP) is 2.55. The van der Waals surface area contributed by atoms with Crippen molar-refractivity contribution in [2.45, 2.75) is 31.7 Å². The van der Waals surface area contributed by atoms with Crippen LogP contribution in [-0.4, -0.2) is 25.7 Å². The summed E-state index contributed by atoms with van der Waals surface area (Å²) in [7, 11) is 1.93. The molecule has 0 spiro atoms. The van der Waals surface area contributed by atoms with Crippen LogP contribution in [0.25, 0.3) is 0 Å². The van der Waals surface area contributed by atoms with Crippen LogP contribution in [0.4, 0.5) is 11.5 Å². The quantitative estimate of drug-likeness (QED) is 0.677. The van der Waals surface area contributed by atoms with Crippen LogP contribution in [0.1, 0.15) is 24.8 Å². The first-order valence-electron chi connectivity index (χ1n) is 7.46. The average Bonchev–Trinajstić information content (AvgIpc) is 3.10. The van der Waals surface area contributed by atoms with Gasteiger partial charge in [0, 0.05) is 25.4 Å². The number of nitro groups is 1. The molecular weight excluding hydrogens is 282 g/mol. The first-order valence-corrected chi connectivity index (χ1v) is 7.46. The number of aromatic nitrogens is 3. The molecular formula is C15H19N5O2. The molecule has 0 saturated heterocycles. The van der Waals surface area contributed by atoms with Crippen LogP contribution < -0.4 is 5.32 Å². The van der Waals surface area contributed by atoms with Crippen LogP contribution in [0.2, 0.25) is 0 Å². The highest BCUT2D eigenvalue weighted by molar-refractivity contribution is 5.41. The Balaban J connectivity index is 1.64. The summed E-state index contributed by atoms with van der Waals surface area (Å²) in [5.74, 6) is 1.25. The summed E-state index contributed by atoms with van der Waals surface area (Å²) in [4.78, 5) is 14.4. The third-order valence-corrected chi connectivity index (χ3v) is 4.21. The smallest absolute Gasteiger partial charge is 0.287 e. The summed E-state index contributed by atoms with van der Waals surface area (Å²) >= 11 is 0. The summed E-state index contributed by atoms with van der Waals surface area (Å²) in [6.07, 6.45) is 9.74. The summed E-state index contributed by atoms with van der Waals surface area (Å²) in [6.45, 7) is 0. The molecule has 7 heteroatoms. The summed E-state index contributed by atoms with van der Waals surface area (Å²) in [5.41, 5.74) is 1.27. The van der Waals surface area contributed by atoms with Gasteiger partial charge in [-0.25, -0.2) is 4.98 Å². The van der Waals surface area contributed by atoms with Gasteiger partial charge < -0.3 is 5.32 Å². The van der Waals surface area contributed by atoms with E-state index in [4.69, 9.17) is 0 Å². The average molecular weight is 301 g/mol. The zero-order valence-corrected chi connectivity index (χ0v) is 12.5. The van der Waals surface area contributed by atoms with E-state index in [1.54, 1.807) is 6.07 Å². The van der Waals surface area contributed by atoms with Crippen LogP contribution in [-0.2, 0) is 13.5 Å². The number of hydrogen-bond donors (Lipinski definition) is 1. The van der Waals surface area contributed by atoms with Crippen molar-refractivity contribution in [3.63, 3.8) is 0 Å². The molecule has 3 rings (SSSR count). The van der Waals surface area contributed by atoms with Crippen LogP contribution in [0, 0.1) is 16.0 Å². The molecule has 7 nitrogen and oxygen atoms in total. The molecule has 0 aliphatic heterocycles. The molecule has 0 aromatic carbocycles. The lowest BCUT2D eigenvalue weighted by molar-refractivity contribution is -0.385. The second kappa shape index (κ2) is 6.13. The van der Waals surface area contributed by atoms with E-state index in [1.165, 1.54) is 30.7 Å². The number of nitrogens with zero attached hydrogens (tertiary/aromatic N) is 4. The van der Waals surface area contributed by atoms with Gasteiger partial charge in [0.15, 0.2) is 0 Å². The van der Waals surface area contributed by atoms with Crippen LogP contribution >= 0.6 is 0 Å². The zero-order valence-electron chi connectivity index (χ0n) is 12.5. The fourth-order valence-corrected chi connectivity index (χ4v) is 3.12. The second-order valence-electron chi connectivity index (χ2n) is 5.83. The van der Waals surface area contributed by atoms with Crippen molar-refractivity contribution in [1.29, 1.82) is 0 Å². The van der Waals surface area contributed by atoms with E-state index in [9.17, 15) is 10.1 Å². The van der Waals surface area contributed by atoms with Crippen molar-refractivity contribution in [3.05, 3.63) is 46.4 Å². The standard InChI is InChI=1S/C15H19N5O2/c1-19-10-11(8-17-19)7-12-3-2-4-14(12)18-15-6-5-13(9-16-15)20(21)22/h5-6,8-10,12,14H,2-4,7H2,1H3,(H,16,18). The van der Waals surface area contributed by atoms with Gasteiger partial charge in [0.1, 0.15) is 12.0 Å². The molecule has 1 aliphatic carbocycles. The first-order chi connectivity index (χ1) is 10.6. The number of aryl methyl sites for hydroxylation is 1. The monoisotopic (exact) mass is 301 g/mol. The molecule has 2 heterocycles. The van der Waals surface area contributed by atoms with E-state index < -0.39 is 4.92 Å². The molecule has 0 bridgehead atoms. The van der Waals surface area contributed by atoms with E-state index in [1.807, 2.05) is 17.9 Å². The lowest BCUT2D eigenvalue weighted by atomic mass is 9.96. The Bertz CT molecular complexity index is 652. The number of nitrogens with one attached hydrogen (secondary N) is 1. The van der Waals surface area contributed by atoms with E-state index in [-0.39, 0.29) is 5.69 Å². The van der Waals surface area contributed by atoms with Gasteiger partial charge in [-0.1, -0.05) is 6.42 Å². The topological polar surface area (TPSA) is 85.9 Å². The molecule has 2 unspecified atom stereocenters. The van der Waals surface area contributed by atoms with Gasteiger partial charge in [-0.15, -0.1) is 0 Å². The Morgan fingerprint density at radius 2 is 2.27 bits per heavy atom. The molecule has 2 aromatic heterocycles. The highest BCUT2D eigenvalue weighted by atomic mass is 16.6. The fourth-order valence-electron chi connectivity index (χ4n) is 3.12. The lowest BCUT2D eigenvalue weighted by Gasteiger charge is -2.21. The van der Waals surface area contributed by atoms with Crippen molar-refractivity contribution in [3.8, 4) is 0 Å². The Labute approximate surface area is 128 Å². The summed E-state index contributed by atoms with van der Waals surface area (Å²) < 4.78 is 1.82. The van der Waals surface area contributed by atoms with Crippen molar-refractivity contribution in [1.82, 2.24) is 14.8 Å². The van der Waals surface area contributed by atoms with Gasteiger partial charge in [0.2, 0.25) is 0 Å². The summed E-state index contributed by atoms with van der Waals surface area (Å²) in [5, 5.41) is 18.3. The van der Waals surface area contributed by atoms with E-state index in [0.717, 1.165) is 12.8 Å². The minimum atomic E-state index is -0.433. The molecule has 2 atom stereocenters. The van der Waals surface area contributed by atoms with Gasteiger partial charge in [0.25, 0.3) is 5.69 Å². The molecule has 1 aliphatic rings. The molecule has 1 N–H and O–H groups in total. The van der Waals surface area contributed by atoms with Gasteiger partial charge >= 0.3 is 0 Å². The lowest BCUT2D eigenvalue weighted by Crippen LogP contribution is -2.25. The first kappa shape index (κ1) is 14.5. The Hall–Kier alpha value is -2.44. The molecule has 22 heavy (non-hydrogen) atoms. The van der Waals surface area contributed by atoms with E-state index >= 15 is 0 Å². The third-order valence-electron chi connectivity index (χ3n) is 4.21. The highest BCUT2D eigenvalue weighted by Gasteiger charge is 2.28. The number of hydrogen-bond acceptors (Lipinski definition) is 5. The van der Waals surface area contributed by atoms with E-state index in [0.29, 0.717) is 17.8 Å². The zero-order chi connectivity index (χ0) is 15.5. The van der Waals surface area contributed by atoms with Gasteiger partial charge in [-0.05, 0) is 36.8 Å². The molecule has 1 fully saturated rings.